The van der Waals surface area contributed by atoms with Crippen molar-refractivity contribution in [2.45, 2.75) is 26.7 Å². The van der Waals surface area contributed by atoms with Crippen molar-refractivity contribution in [2.24, 2.45) is 0 Å². The fourth-order valence-electron chi connectivity index (χ4n) is 1.70. The van der Waals surface area contributed by atoms with Crippen LogP contribution in [0.25, 0.3) is 11.0 Å². The van der Waals surface area contributed by atoms with E-state index in [2.05, 4.69) is 0 Å². The van der Waals surface area contributed by atoms with Gasteiger partial charge in [0.05, 0.1) is 0 Å². The third-order valence-corrected chi connectivity index (χ3v) is 2.49. The van der Waals surface area contributed by atoms with Crippen LogP contribution in [-0.2, 0) is 0 Å². The maximum absolute atomic E-state index is 11.6. The highest BCUT2D eigenvalue weighted by Crippen LogP contribution is 2.23. The zero-order chi connectivity index (χ0) is 10.8. The second kappa shape index (κ2) is 3.89. The van der Waals surface area contributed by atoms with Gasteiger partial charge >= 0.3 is 0 Å². The second-order valence-electron chi connectivity index (χ2n) is 3.78. The Labute approximate surface area is 88.9 Å². The minimum Gasteiger partial charge on any atom is -0.453 e. The molecular formula is C13H14O2. The molecular weight excluding hydrogens is 188 g/mol. The molecule has 0 aliphatic rings. The molecule has 0 fully saturated rings. The molecule has 0 spiro atoms. The molecule has 0 N–H and O–H groups in total. The molecule has 15 heavy (non-hydrogen) atoms. The first-order chi connectivity index (χ1) is 7.22. The Morgan fingerprint density at radius 1 is 1.40 bits per heavy atom. The number of carbonyl (C=O) groups excluding carboxylic acids is 1. The highest BCUT2D eigenvalue weighted by atomic mass is 16.3. The number of carbonyl (C=O) groups is 1. The fourth-order valence-corrected chi connectivity index (χ4v) is 1.70. The summed E-state index contributed by atoms with van der Waals surface area (Å²) in [7, 11) is 0. The van der Waals surface area contributed by atoms with Gasteiger partial charge in [0.2, 0.25) is 0 Å². The van der Waals surface area contributed by atoms with Crippen molar-refractivity contribution < 1.29 is 9.21 Å². The van der Waals surface area contributed by atoms with Gasteiger partial charge in [-0.1, -0.05) is 25.1 Å². The number of aryl methyl sites for hydroxylation is 1. The van der Waals surface area contributed by atoms with Gasteiger partial charge < -0.3 is 4.42 Å². The van der Waals surface area contributed by atoms with Crippen LogP contribution < -0.4 is 0 Å². The Morgan fingerprint density at radius 3 is 2.87 bits per heavy atom. The summed E-state index contributed by atoms with van der Waals surface area (Å²) >= 11 is 0. The maximum atomic E-state index is 11.6. The van der Waals surface area contributed by atoms with Crippen LogP contribution in [-0.4, -0.2) is 5.78 Å². The third kappa shape index (κ3) is 1.80. The predicted molar refractivity (Wildman–Crippen MR) is 60.2 cm³/mol. The minimum absolute atomic E-state index is 0.0908. The summed E-state index contributed by atoms with van der Waals surface area (Å²) in [5.41, 5.74) is 1.90. The monoisotopic (exact) mass is 202 g/mol. The number of benzene rings is 1. The molecule has 0 saturated carbocycles. The van der Waals surface area contributed by atoms with Gasteiger partial charge in [0.25, 0.3) is 0 Å². The van der Waals surface area contributed by atoms with E-state index in [1.165, 1.54) is 0 Å². The molecule has 2 nitrogen and oxygen atoms in total. The molecule has 1 heterocycles. The normalized spacial score (nSPS) is 10.8. The van der Waals surface area contributed by atoms with E-state index in [0.717, 1.165) is 23.0 Å². The highest BCUT2D eigenvalue weighted by Gasteiger charge is 2.11. The number of furan rings is 1. The van der Waals surface area contributed by atoms with Crippen molar-refractivity contribution in [3.05, 3.63) is 35.6 Å². The summed E-state index contributed by atoms with van der Waals surface area (Å²) in [4.78, 5) is 11.6. The lowest BCUT2D eigenvalue weighted by Crippen LogP contribution is -1.94. The molecule has 1 aromatic heterocycles. The van der Waals surface area contributed by atoms with Gasteiger partial charge in [0.15, 0.2) is 11.5 Å². The lowest BCUT2D eigenvalue weighted by Gasteiger charge is -1.93. The van der Waals surface area contributed by atoms with Crippen molar-refractivity contribution in [3.8, 4) is 0 Å². The molecule has 0 radical (unpaired) electrons. The zero-order valence-corrected chi connectivity index (χ0v) is 9.04. The third-order valence-electron chi connectivity index (χ3n) is 2.49. The highest BCUT2D eigenvalue weighted by molar-refractivity contribution is 5.97. The van der Waals surface area contributed by atoms with Crippen LogP contribution in [0.3, 0.4) is 0 Å². The topological polar surface area (TPSA) is 30.2 Å². The predicted octanol–water partition coefficient (Wildman–Crippen LogP) is 3.72. The van der Waals surface area contributed by atoms with Gasteiger partial charge in [-0.25, -0.2) is 0 Å². The maximum Gasteiger partial charge on any atom is 0.198 e. The standard InChI is InChI=1S/C13H14O2/c1-3-5-11(14)12-8-10-7-4-6-9(2)13(10)15-12/h4,6-8H,3,5H2,1-2H3. The minimum atomic E-state index is 0.0908. The van der Waals surface area contributed by atoms with Crippen LogP contribution in [0.1, 0.15) is 35.9 Å². The molecule has 0 atom stereocenters. The molecule has 2 aromatic rings. The van der Waals surface area contributed by atoms with Gasteiger partial charge in [-0.3, -0.25) is 4.79 Å². The van der Waals surface area contributed by atoms with Gasteiger partial charge in [-0.15, -0.1) is 0 Å². The lowest BCUT2D eigenvalue weighted by atomic mass is 10.1. The molecule has 2 rings (SSSR count). The van der Waals surface area contributed by atoms with E-state index < -0.39 is 0 Å². The summed E-state index contributed by atoms with van der Waals surface area (Å²) in [6, 6.07) is 7.76. The number of hydrogen-bond donors (Lipinski definition) is 0. The molecule has 78 valence electrons. The zero-order valence-electron chi connectivity index (χ0n) is 9.04. The SMILES string of the molecule is CCCC(=O)c1cc2cccc(C)c2o1. The van der Waals surface area contributed by atoms with Gasteiger partial charge in [0.1, 0.15) is 5.58 Å². The molecule has 0 aliphatic carbocycles. The molecule has 0 saturated heterocycles. The number of ketones is 1. The van der Waals surface area contributed by atoms with Crippen LogP contribution in [0.4, 0.5) is 0 Å². The van der Waals surface area contributed by atoms with Crippen molar-refractivity contribution in [1.82, 2.24) is 0 Å². The smallest absolute Gasteiger partial charge is 0.198 e. The van der Waals surface area contributed by atoms with E-state index in [9.17, 15) is 4.79 Å². The second-order valence-corrected chi connectivity index (χ2v) is 3.78. The van der Waals surface area contributed by atoms with Gasteiger partial charge in [0, 0.05) is 11.8 Å². The van der Waals surface area contributed by atoms with E-state index in [4.69, 9.17) is 4.42 Å². The number of rotatable bonds is 3. The van der Waals surface area contributed by atoms with E-state index in [1.807, 2.05) is 38.1 Å². The van der Waals surface area contributed by atoms with Gasteiger partial charge in [-0.2, -0.15) is 0 Å². The molecule has 0 aliphatic heterocycles. The van der Waals surface area contributed by atoms with Crippen LogP contribution in [0.15, 0.2) is 28.7 Å². The van der Waals surface area contributed by atoms with Crippen molar-refractivity contribution in [3.63, 3.8) is 0 Å². The Kier molecular flexibility index (Phi) is 2.58. The number of para-hydroxylation sites is 1. The molecule has 0 unspecified atom stereocenters. The quantitative estimate of drug-likeness (QED) is 0.710. The summed E-state index contributed by atoms with van der Waals surface area (Å²) < 4.78 is 5.56. The van der Waals surface area contributed by atoms with E-state index in [1.54, 1.807) is 0 Å². The first-order valence-electron chi connectivity index (χ1n) is 5.24. The lowest BCUT2D eigenvalue weighted by molar-refractivity contribution is 0.0957. The molecule has 0 bridgehead atoms. The van der Waals surface area contributed by atoms with E-state index >= 15 is 0 Å². The van der Waals surface area contributed by atoms with Crippen LogP contribution >= 0.6 is 0 Å². The van der Waals surface area contributed by atoms with Crippen LogP contribution in [0.2, 0.25) is 0 Å². The largest absolute Gasteiger partial charge is 0.453 e. The fraction of sp³-hybridized carbons (Fsp3) is 0.308. The van der Waals surface area contributed by atoms with E-state index in [-0.39, 0.29) is 5.78 Å². The van der Waals surface area contributed by atoms with Crippen LogP contribution in [0, 0.1) is 6.92 Å². The van der Waals surface area contributed by atoms with Crippen molar-refractivity contribution >= 4 is 16.8 Å². The Hall–Kier alpha value is -1.57. The number of fused-ring (bicyclic) bond motifs is 1. The number of hydrogen-bond acceptors (Lipinski definition) is 2. The molecule has 1 aromatic carbocycles. The molecule has 2 heteroatoms. The summed E-state index contributed by atoms with van der Waals surface area (Å²) in [6.45, 7) is 3.98. The molecule has 0 amide bonds. The summed E-state index contributed by atoms with van der Waals surface area (Å²) in [6.07, 6.45) is 1.41. The average molecular weight is 202 g/mol. The Morgan fingerprint density at radius 2 is 2.20 bits per heavy atom. The summed E-state index contributed by atoms with van der Waals surface area (Å²) in [5.74, 6) is 0.578. The first kappa shape index (κ1) is 9.97. The first-order valence-corrected chi connectivity index (χ1v) is 5.24. The van der Waals surface area contributed by atoms with Crippen LogP contribution in [0.5, 0.6) is 0 Å². The Balaban J connectivity index is 2.47. The average Bonchev–Trinajstić information content (AvgIpc) is 2.63. The van der Waals surface area contributed by atoms with Crippen molar-refractivity contribution in [2.75, 3.05) is 0 Å². The number of Topliss-reactive ketones (excluding diaryl/α,β-unsaturated/α-hetero) is 1. The van der Waals surface area contributed by atoms with Crippen molar-refractivity contribution in [1.29, 1.82) is 0 Å². The summed E-state index contributed by atoms with van der Waals surface area (Å²) in [5, 5.41) is 1.01. The van der Waals surface area contributed by atoms with E-state index in [0.29, 0.717) is 12.2 Å². The van der Waals surface area contributed by atoms with Gasteiger partial charge in [-0.05, 0) is 25.0 Å². The Bertz CT molecular complexity index is 494.